The number of nitrogens with zero attached hydrogens (tertiary/aromatic N) is 1. The Labute approximate surface area is 189 Å². The van der Waals surface area contributed by atoms with E-state index in [1.807, 2.05) is 24.3 Å². The lowest BCUT2D eigenvalue weighted by Gasteiger charge is -2.48. The number of carbonyl (C=O) groups is 2. The highest BCUT2D eigenvalue weighted by atomic mass is 16.7. The summed E-state index contributed by atoms with van der Waals surface area (Å²) < 4.78 is 22.9. The lowest BCUT2D eigenvalue weighted by molar-refractivity contribution is -0.124. The van der Waals surface area contributed by atoms with Crippen LogP contribution in [0.1, 0.15) is 28.2 Å². The van der Waals surface area contributed by atoms with Crippen molar-refractivity contribution < 1.29 is 28.5 Å². The highest BCUT2D eigenvalue weighted by Crippen LogP contribution is 2.61. The Kier molecular flexibility index (Phi) is 3.53. The average Bonchev–Trinajstić information content (AvgIpc) is 3.56. The molecular formula is C24H21N3O6. The van der Waals surface area contributed by atoms with Crippen LogP contribution in [0.3, 0.4) is 0 Å². The predicted molar refractivity (Wildman–Crippen MR) is 114 cm³/mol. The number of likely N-dealkylation sites (N-methyl/N-ethyl adjacent to an activating group) is 1. The van der Waals surface area contributed by atoms with E-state index in [1.165, 1.54) is 0 Å². The summed E-state index contributed by atoms with van der Waals surface area (Å²) in [4.78, 5) is 27.8. The molecule has 0 saturated heterocycles. The topological polar surface area (TPSA) is 112 Å². The number of rotatable bonds is 1. The second-order valence-corrected chi connectivity index (χ2v) is 9.05. The second kappa shape index (κ2) is 6.20. The molecule has 168 valence electrons. The van der Waals surface area contributed by atoms with Gasteiger partial charge in [0.05, 0.1) is 11.1 Å². The zero-order valence-electron chi connectivity index (χ0n) is 17.9. The molecule has 2 aromatic rings. The molecule has 1 spiro atoms. The van der Waals surface area contributed by atoms with Crippen LogP contribution in [-0.4, -0.2) is 43.9 Å². The number of carbonyl (C=O) groups excluding carboxylic acids is 2. The number of nitrogens with one attached hydrogen (secondary N) is 1. The molecule has 33 heavy (non-hydrogen) atoms. The quantitative estimate of drug-likeness (QED) is 0.624. The van der Waals surface area contributed by atoms with Crippen LogP contribution in [0.2, 0.25) is 0 Å². The van der Waals surface area contributed by atoms with Crippen LogP contribution >= 0.6 is 0 Å². The lowest BCUT2D eigenvalue weighted by atomic mass is 9.69. The third-order valence-electron chi connectivity index (χ3n) is 7.65. The van der Waals surface area contributed by atoms with Crippen molar-refractivity contribution in [3.05, 3.63) is 57.8 Å². The molecule has 0 aromatic heterocycles. The maximum absolute atomic E-state index is 13.1. The zero-order valence-corrected chi connectivity index (χ0v) is 17.9. The molecule has 9 heteroatoms. The van der Waals surface area contributed by atoms with E-state index >= 15 is 0 Å². The lowest BCUT2D eigenvalue weighted by Crippen LogP contribution is -2.52. The first kappa shape index (κ1) is 18.8. The van der Waals surface area contributed by atoms with Crippen molar-refractivity contribution in [3.8, 4) is 23.0 Å². The fraction of sp³-hybridized carbons (Fsp3) is 0.333. The fourth-order valence-corrected chi connectivity index (χ4v) is 6.18. The van der Waals surface area contributed by atoms with Gasteiger partial charge in [-0.3, -0.25) is 19.8 Å². The minimum Gasteiger partial charge on any atom is -0.454 e. The molecule has 0 saturated carbocycles. The summed E-state index contributed by atoms with van der Waals surface area (Å²) in [6, 6.07) is 7.98. The van der Waals surface area contributed by atoms with Crippen LogP contribution in [0, 0.1) is 0 Å². The maximum Gasteiger partial charge on any atom is 0.274 e. The van der Waals surface area contributed by atoms with Gasteiger partial charge in [0.1, 0.15) is 5.70 Å². The minimum atomic E-state index is -0.667. The monoisotopic (exact) mass is 447 g/mol. The molecule has 0 bridgehead atoms. The van der Waals surface area contributed by atoms with Crippen molar-refractivity contribution in [2.45, 2.75) is 24.3 Å². The van der Waals surface area contributed by atoms with Gasteiger partial charge in [-0.2, -0.15) is 0 Å². The number of amides is 2. The number of ether oxygens (including phenoxy) is 4. The molecule has 3 N–H and O–H groups in total. The molecule has 2 atom stereocenters. The Morgan fingerprint density at radius 3 is 2.55 bits per heavy atom. The van der Waals surface area contributed by atoms with Crippen LogP contribution in [-0.2, 0) is 28.0 Å². The Balaban J connectivity index is 1.55. The molecule has 0 unspecified atom stereocenters. The molecule has 5 aliphatic rings. The first-order valence-corrected chi connectivity index (χ1v) is 10.9. The summed E-state index contributed by atoms with van der Waals surface area (Å²) in [7, 11) is 2.05. The third-order valence-corrected chi connectivity index (χ3v) is 7.65. The number of fused-ring (bicyclic) bond motifs is 6. The molecule has 0 radical (unpaired) electrons. The van der Waals surface area contributed by atoms with Gasteiger partial charge in [0.2, 0.25) is 13.6 Å². The van der Waals surface area contributed by atoms with Gasteiger partial charge in [0, 0.05) is 18.0 Å². The second-order valence-electron chi connectivity index (χ2n) is 9.05. The van der Waals surface area contributed by atoms with Gasteiger partial charge in [-0.15, -0.1) is 0 Å². The Hall–Kier alpha value is -3.72. The molecule has 9 nitrogen and oxygen atoms in total. The van der Waals surface area contributed by atoms with Gasteiger partial charge in [-0.05, 0) is 54.8 Å². The van der Waals surface area contributed by atoms with E-state index in [9.17, 15) is 9.59 Å². The van der Waals surface area contributed by atoms with E-state index < -0.39 is 23.3 Å². The summed E-state index contributed by atoms with van der Waals surface area (Å²) in [6.07, 6.45) is 1.44. The largest absolute Gasteiger partial charge is 0.454 e. The van der Waals surface area contributed by atoms with Crippen molar-refractivity contribution in [3.63, 3.8) is 0 Å². The van der Waals surface area contributed by atoms with Crippen LogP contribution in [0.5, 0.6) is 23.0 Å². The molecule has 2 aromatic carbocycles. The number of imide groups is 1. The summed E-state index contributed by atoms with van der Waals surface area (Å²) in [5.74, 6) is 1.09. The van der Waals surface area contributed by atoms with Gasteiger partial charge < -0.3 is 24.7 Å². The highest BCUT2D eigenvalue weighted by Gasteiger charge is 2.58. The number of benzene rings is 2. The third kappa shape index (κ3) is 2.24. The SMILES string of the molecule is CN1CCc2cc3c(cc2[C@]12Cc1ccc4c(c1[C@H]2C1=C(N)C(=O)NC1=O)OCO4)OCO3. The van der Waals surface area contributed by atoms with Crippen LogP contribution in [0.15, 0.2) is 35.5 Å². The molecule has 2 amide bonds. The van der Waals surface area contributed by atoms with Gasteiger partial charge in [-0.25, -0.2) is 0 Å². The number of hydrogen-bond acceptors (Lipinski definition) is 8. The molecule has 4 aliphatic heterocycles. The minimum absolute atomic E-state index is 0.0463. The first-order valence-electron chi connectivity index (χ1n) is 10.9. The van der Waals surface area contributed by atoms with E-state index in [2.05, 4.69) is 17.3 Å². The van der Waals surface area contributed by atoms with Crippen molar-refractivity contribution >= 4 is 11.8 Å². The van der Waals surface area contributed by atoms with Crippen molar-refractivity contribution in [1.82, 2.24) is 10.2 Å². The van der Waals surface area contributed by atoms with E-state index in [0.717, 1.165) is 41.0 Å². The maximum atomic E-state index is 13.1. The summed E-state index contributed by atoms with van der Waals surface area (Å²) >= 11 is 0. The zero-order chi connectivity index (χ0) is 22.5. The Morgan fingerprint density at radius 2 is 1.76 bits per heavy atom. The molecule has 4 heterocycles. The average molecular weight is 447 g/mol. The van der Waals surface area contributed by atoms with Crippen molar-refractivity contribution in [2.75, 3.05) is 27.2 Å². The van der Waals surface area contributed by atoms with Crippen LogP contribution < -0.4 is 30.0 Å². The van der Waals surface area contributed by atoms with Gasteiger partial charge in [0.25, 0.3) is 11.8 Å². The highest BCUT2D eigenvalue weighted by molar-refractivity contribution is 6.20. The predicted octanol–water partition coefficient (Wildman–Crippen LogP) is 1.04. The Bertz CT molecular complexity index is 1320. The number of hydrogen-bond donors (Lipinski definition) is 2. The van der Waals surface area contributed by atoms with E-state index in [1.54, 1.807) is 0 Å². The summed E-state index contributed by atoms with van der Waals surface area (Å²) in [6.45, 7) is 1.05. The standard InChI is InChI=1S/C24H21N3O6/c1-27-5-4-11-6-15-16(32-9-31-15)7-13(11)24(27)8-12-2-3-14-21(33-10-30-14)17(12)19(24)18-20(25)23(29)26-22(18)28/h2-3,6-7,19H,4-5,8-10H2,1H3,(H3,25,26,28,29)/t19-,24-/m0/s1. The van der Waals surface area contributed by atoms with Crippen LogP contribution in [0.4, 0.5) is 0 Å². The van der Waals surface area contributed by atoms with Gasteiger partial charge in [0.15, 0.2) is 23.0 Å². The molecular weight excluding hydrogens is 426 g/mol. The van der Waals surface area contributed by atoms with Crippen LogP contribution in [0.25, 0.3) is 0 Å². The normalized spacial score (nSPS) is 26.8. The number of nitrogens with two attached hydrogens (primary N) is 1. The van der Waals surface area contributed by atoms with Gasteiger partial charge in [-0.1, -0.05) is 6.07 Å². The first-order chi connectivity index (χ1) is 16.0. The van der Waals surface area contributed by atoms with E-state index in [-0.39, 0.29) is 24.9 Å². The van der Waals surface area contributed by atoms with E-state index in [4.69, 9.17) is 24.7 Å². The van der Waals surface area contributed by atoms with Gasteiger partial charge >= 0.3 is 0 Å². The fourth-order valence-electron chi connectivity index (χ4n) is 6.18. The molecule has 7 rings (SSSR count). The Morgan fingerprint density at radius 1 is 1.00 bits per heavy atom. The summed E-state index contributed by atoms with van der Waals surface area (Å²) in [5, 5.41) is 2.38. The molecule has 0 fully saturated rings. The van der Waals surface area contributed by atoms with Crippen molar-refractivity contribution in [2.24, 2.45) is 5.73 Å². The smallest absolute Gasteiger partial charge is 0.274 e. The van der Waals surface area contributed by atoms with Crippen molar-refractivity contribution in [1.29, 1.82) is 0 Å². The van der Waals surface area contributed by atoms with E-state index in [0.29, 0.717) is 23.7 Å². The molecule has 1 aliphatic carbocycles. The summed E-state index contributed by atoms with van der Waals surface area (Å²) in [5.41, 5.74) is 9.88.